The maximum absolute atomic E-state index is 12.7. The SMILES string of the molecule is CCN1C(=O)c2ccc(C(=O)NC(C)c3ccc4ccccc4c3)cc2S1(=O)=O. The van der Waals surface area contributed by atoms with Crippen LogP contribution in [0.4, 0.5) is 0 Å². The molecule has 4 rings (SSSR count). The van der Waals surface area contributed by atoms with Gasteiger partial charge in [-0.1, -0.05) is 36.4 Å². The standard InChI is InChI=1S/C22H20N2O4S/c1-3-24-22(26)19-11-10-18(13-20(19)29(24,27)28)21(25)23-14(2)16-9-8-15-6-4-5-7-17(15)12-16/h4-14H,3H2,1-2H3,(H,23,25). The van der Waals surface area contributed by atoms with Crippen molar-refractivity contribution in [2.75, 3.05) is 6.54 Å². The first-order valence-electron chi connectivity index (χ1n) is 9.33. The predicted molar refractivity (Wildman–Crippen MR) is 110 cm³/mol. The number of carbonyl (C=O) groups excluding carboxylic acids is 2. The highest BCUT2D eigenvalue weighted by molar-refractivity contribution is 7.90. The number of nitrogens with zero attached hydrogens (tertiary/aromatic N) is 1. The third-order valence-electron chi connectivity index (χ3n) is 5.18. The van der Waals surface area contributed by atoms with Gasteiger partial charge in [0.15, 0.2) is 0 Å². The van der Waals surface area contributed by atoms with Crippen LogP contribution in [0.15, 0.2) is 65.6 Å². The highest BCUT2D eigenvalue weighted by Crippen LogP contribution is 2.31. The largest absolute Gasteiger partial charge is 0.346 e. The summed E-state index contributed by atoms with van der Waals surface area (Å²) in [5.41, 5.74) is 1.25. The molecule has 1 unspecified atom stereocenters. The molecule has 3 aromatic carbocycles. The molecular weight excluding hydrogens is 388 g/mol. The van der Waals surface area contributed by atoms with Crippen molar-refractivity contribution < 1.29 is 18.0 Å². The molecule has 29 heavy (non-hydrogen) atoms. The Hall–Kier alpha value is -3.19. The van der Waals surface area contributed by atoms with E-state index in [0.29, 0.717) is 0 Å². The molecule has 0 spiro atoms. The minimum absolute atomic E-state index is 0.0520. The molecule has 0 bridgehead atoms. The first-order chi connectivity index (χ1) is 13.8. The van der Waals surface area contributed by atoms with Gasteiger partial charge in [-0.25, -0.2) is 12.7 Å². The van der Waals surface area contributed by atoms with Crippen LogP contribution < -0.4 is 5.32 Å². The molecule has 7 heteroatoms. The van der Waals surface area contributed by atoms with Gasteiger partial charge >= 0.3 is 0 Å². The maximum atomic E-state index is 12.7. The Bertz CT molecular complexity index is 1250. The van der Waals surface area contributed by atoms with E-state index in [1.165, 1.54) is 18.2 Å². The summed E-state index contributed by atoms with van der Waals surface area (Å²) < 4.78 is 25.9. The third kappa shape index (κ3) is 3.17. The smallest absolute Gasteiger partial charge is 0.268 e. The van der Waals surface area contributed by atoms with Crippen LogP contribution in [0.3, 0.4) is 0 Å². The molecule has 0 aliphatic carbocycles. The fraction of sp³-hybridized carbons (Fsp3) is 0.182. The number of sulfonamides is 1. The van der Waals surface area contributed by atoms with Crippen LogP contribution in [0.25, 0.3) is 10.8 Å². The second kappa shape index (κ2) is 7.00. The Balaban J connectivity index is 1.60. The fourth-order valence-electron chi connectivity index (χ4n) is 3.57. The molecule has 148 valence electrons. The van der Waals surface area contributed by atoms with E-state index in [0.717, 1.165) is 20.6 Å². The van der Waals surface area contributed by atoms with Crippen LogP contribution in [0.2, 0.25) is 0 Å². The lowest BCUT2D eigenvalue weighted by atomic mass is 10.0. The van der Waals surface area contributed by atoms with Crippen LogP contribution >= 0.6 is 0 Å². The van der Waals surface area contributed by atoms with E-state index in [1.807, 2.05) is 49.4 Å². The second-order valence-corrected chi connectivity index (χ2v) is 8.82. The molecule has 0 aromatic heterocycles. The van der Waals surface area contributed by atoms with Gasteiger partial charge in [-0.3, -0.25) is 9.59 Å². The molecule has 2 amide bonds. The van der Waals surface area contributed by atoms with Gasteiger partial charge in [0, 0.05) is 12.1 Å². The van der Waals surface area contributed by atoms with Gasteiger partial charge in [0.2, 0.25) is 0 Å². The first-order valence-corrected chi connectivity index (χ1v) is 10.8. The zero-order valence-electron chi connectivity index (χ0n) is 16.0. The van der Waals surface area contributed by atoms with E-state index < -0.39 is 21.8 Å². The van der Waals surface area contributed by atoms with E-state index in [-0.39, 0.29) is 28.6 Å². The van der Waals surface area contributed by atoms with Crippen molar-refractivity contribution in [3.05, 3.63) is 77.4 Å². The normalized spacial score (nSPS) is 15.9. The minimum Gasteiger partial charge on any atom is -0.346 e. The number of hydrogen-bond donors (Lipinski definition) is 1. The average Bonchev–Trinajstić information content (AvgIpc) is 2.92. The van der Waals surface area contributed by atoms with Gasteiger partial charge in [-0.05, 0) is 54.4 Å². The second-order valence-electron chi connectivity index (χ2n) is 6.99. The van der Waals surface area contributed by atoms with Crippen molar-refractivity contribution >= 4 is 32.6 Å². The quantitative estimate of drug-likeness (QED) is 0.716. The number of carbonyl (C=O) groups is 2. The number of nitrogens with one attached hydrogen (secondary N) is 1. The lowest BCUT2D eigenvalue weighted by molar-refractivity contribution is 0.0873. The van der Waals surface area contributed by atoms with Gasteiger partial charge in [-0.2, -0.15) is 0 Å². The summed E-state index contributed by atoms with van der Waals surface area (Å²) in [6.45, 7) is 3.52. The van der Waals surface area contributed by atoms with Crippen molar-refractivity contribution in [3.63, 3.8) is 0 Å². The molecule has 0 saturated carbocycles. The van der Waals surface area contributed by atoms with Crippen LogP contribution in [-0.2, 0) is 10.0 Å². The van der Waals surface area contributed by atoms with Gasteiger partial charge < -0.3 is 5.32 Å². The molecule has 6 nitrogen and oxygen atoms in total. The summed E-state index contributed by atoms with van der Waals surface area (Å²) in [4.78, 5) is 24.9. The van der Waals surface area contributed by atoms with Crippen molar-refractivity contribution in [1.82, 2.24) is 9.62 Å². The summed E-state index contributed by atoms with van der Waals surface area (Å²) in [7, 11) is -3.90. The van der Waals surface area contributed by atoms with Gasteiger partial charge in [0.1, 0.15) is 4.90 Å². The van der Waals surface area contributed by atoms with Crippen LogP contribution in [0, 0.1) is 0 Å². The number of fused-ring (bicyclic) bond motifs is 2. The Kier molecular flexibility index (Phi) is 4.62. The fourth-order valence-corrected chi connectivity index (χ4v) is 5.17. The number of amides is 2. The highest BCUT2D eigenvalue weighted by Gasteiger charge is 2.40. The summed E-state index contributed by atoms with van der Waals surface area (Å²) in [6.07, 6.45) is 0. The number of hydrogen-bond acceptors (Lipinski definition) is 4. The van der Waals surface area contributed by atoms with E-state index in [4.69, 9.17) is 0 Å². The minimum atomic E-state index is -3.90. The lowest BCUT2D eigenvalue weighted by Crippen LogP contribution is -2.29. The average molecular weight is 408 g/mol. The molecule has 1 heterocycles. The first kappa shape index (κ1) is 19.1. The molecule has 1 N–H and O–H groups in total. The molecule has 1 aliphatic rings. The van der Waals surface area contributed by atoms with E-state index in [9.17, 15) is 18.0 Å². The van der Waals surface area contributed by atoms with E-state index >= 15 is 0 Å². The van der Waals surface area contributed by atoms with E-state index in [1.54, 1.807) is 6.92 Å². The topological polar surface area (TPSA) is 83.6 Å². The van der Waals surface area contributed by atoms with Crippen LogP contribution in [-0.4, -0.2) is 31.1 Å². The number of rotatable bonds is 4. The predicted octanol–water partition coefficient (Wildman–Crippen LogP) is 3.50. The van der Waals surface area contributed by atoms with Crippen molar-refractivity contribution in [1.29, 1.82) is 0 Å². The van der Waals surface area contributed by atoms with E-state index in [2.05, 4.69) is 5.32 Å². The Morgan fingerprint density at radius 1 is 1.03 bits per heavy atom. The van der Waals surface area contributed by atoms with Crippen molar-refractivity contribution in [2.24, 2.45) is 0 Å². The Labute approximate surface area is 169 Å². The molecule has 1 aliphatic heterocycles. The van der Waals surface area contributed by atoms with Crippen LogP contribution in [0.1, 0.15) is 46.2 Å². The summed E-state index contributed by atoms with van der Waals surface area (Å²) in [5.74, 6) is -0.954. The molecule has 0 saturated heterocycles. The molecule has 0 radical (unpaired) electrons. The van der Waals surface area contributed by atoms with Gasteiger partial charge in [0.25, 0.3) is 21.8 Å². The lowest BCUT2D eigenvalue weighted by Gasteiger charge is -2.15. The highest BCUT2D eigenvalue weighted by atomic mass is 32.2. The molecule has 3 aromatic rings. The van der Waals surface area contributed by atoms with Crippen LogP contribution in [0.5, 0.6) is 0 Å². The van der Waals surface area contributed by atoms with Crippen molar-refractivity contribution in [2.45, 2.75) is 24.8 Å². The molecular formula is C22H20N2O4S. The molecule has 0 fully saturated rings. The zero-order chi connectivity index (χ0) is 20.8. The Morgan fingerprint density at radius 2 is 1.76 bits per heavy atom. The maximum Gasteiger partial charge on any atom is 0.268 e. The Morgan fingerprint density at radius 3 is 2.48 bits per heavy atom. The summed E-state index contributed by atoms with van der Waals surface area (Å²) in [6, 6.07) is 17.8. The third-order valence-corrected chi connectivity index (χ3v) is 7.07. The number of benzene rings is 3. The zero-order valence-corrected chi connectivity index (χ0v) is 16.9. The summed E-state index contributed by atoms with van der Waals surface area (Å²) in [5, 5.41) is 5.09. The van der Waals surface area contributed by atoms with Gasteiger partial charge in [-0.15, -0.1) is 0 Å². The summed E-state index contributed by atoms with van der Waals surface area (Å²) >= 11 is 0. The monoisotopic (exact) mass is 408 g/mol. The van der Waals surface area contributed by atoms with Crippen molar-refractivity contribution in [3.8, 4) is 0 Å². The molecule has 1 atom stereocenters. The van der Waals surface area contributed by atoms with Gasteiger partial charge in [0.05, 0.1) is 11.6 Å².